The highest BCUT2D eigenvalue weighted by Gasteiger charge is 2.51. The Morgan fingerprint density at radius 1 is 1.30 bits per heavy atom. The fraction of sp³-hybridized carbons (Fsp3) is 0.381. The van der Waals surface area contributed by atoms with Gasteiger partial charge in [-0.15, -0.1) is 0 Å². The van der Waals surface area contributed by atoms with Gasteiger partial charge in [0.1, 0.15) is 11.7 Å². The molecule has 0 amide bonds. The largest absolute Gasteiger partial charge is 0.386 e. The van der Waals surface area contributed by atoms with Crippen molar-refractivity contribution in [2.45, 2.75) is 26.0 Å². The van der Waals surface area contributed by atoms with Gasteiger partial charge in [-0.1, -0.05) is 18.2 Å². The van der Waals surface area contributed by atoms with Crippen molar-refractivity contribution in [1.82, 2.24) is 0 Å². The fourth-order valence-corrected chi connectivity index (χ4v) is 4.14. The van der Waals surface area contributed by atoms with Gasteiger partial charge in [-0.05, 0) is 37.6 Å². The summed E-state index contributed by atoms with van der Waals surface area (Å²) in [7, 11) is 2.18. The molecule has 4 atom stereocenters. The summed E-state index contributed by atoms with van der Waals surface area (Å²) >= 11 is 0. The molecule has 1 saturated heterocycles. The van der Waals surface area contributed by atoms with Gasteiger partial charge in [-0.3, -0.25) is 15.1 Å². The lowest BCUT2D eigenvalue weighted by atomic mass is 9.75. The zero-order valence-electron chi connectivity index (χ0n) is 15.9. The van der Waals surface area contributed by atoms with Crippen LogP contribution in [0, 0.1) is 21.4 Å². The van der Waals surface area contributed by atoms with E-state index < -0.39 is 11.0 Å². The van der Waals surface area contributed by atoms with E-state index in [1.807, 2.05) is 0 Å². The molecule has 0 radical (unpaired) electrons. The summed E-state index contributed by atoms with van der Waals surface area (Å²) in [6, 6.07) is 6.37. The molecule has 142 valence electrons. The molecular weight excluding hydrogens is 342 g/mol. The number of allylic oxidation sites excluding steroid dienone is 4. The smallest absolute Gasteiger partial charge is 0.269 e. The van der Waals surface area contributed by atoms with Gasteiger partial charge in [0.2, 0.25) is 0 Å². The molecule has 0 spiro atoms. The molecule has 0 aromatic heterocycles. The van der Waals surface area contributed by atoms with E-state index in [9.17, 15) is 15.2 Å². The second kappa shape index (κ2) is 7.58. The Bertz CT molecular complexity index is 822. The number of non-ortho nitro benzene ring substituents is 1. The van der Waals surface area contributed by atoms with Crippen LogP contribution in [0.25, 0.3) is 0 Å². The summed E-state index contributed by atoms with van der Waals surface area (Å²) in [5.41, 5.74) is 1.97. The van der Waals surface area contributed by atoms with Gasteiger partial charge in [0.15, 0.2) is 0 Å². The maximum absolute atomic E-state index is 10.7. The molecule has 0 saturated carbocycles. The minimum atomic E-state index is -0.782. The second-order valence-corrected chi connectivity index (χ2v) is 7.69. The van der Waals surface area contributed by atoms with Crippen LogP contribution in [-0.2, 0) is 0 Å². The van der Waals surface area contributed by atoms with E-state index in [1.54, 1.807) is 18.3 Å². The molecule has 6 heteroatoms. The minimum Gasteiger partial charge on any atom is -0.386 e. The molecule has 1 aromatic carbocycles. The van der Waals surface area contributed by atoms with E-state index in [0.717, 1.165) is 0 Å². The number of quaternary nitrogens is 1. The number of benzene rings is 1. The number of fused-ring (bicyclic) bond motifs is 1. The van der Waals surface area contributed by atoms with E-state index in [-0.39, 0.29) is 17.6 Å². The van der Waals surface area contributed by atoms with Gasteiger partial charge in [-0.2, -0.15) is 0 Å². The first kappa shape index (κ1) is 19.2. The zero-order chi connectivity index (χ0) is 19.6. The summed E-state index contributed by atoms with van der Waals surface area (Å²) in [6.07, 6.45) is 11.8. The van der Waals surface area contributed by atoms with Gasteiger partial charge in [0, 0.05) is 30.3 Å². The van der Waals surface area contributed by atoms with E-state index in [1.165, 1.54) is 22.7 Å². The van der Waals surface area contributed by atoms with E-state index in [0.29, 0.717) is 17.5 Å². The molecule has 2 N–H and O–H groups in total. The average molecular weight is 368 g/mol. The number of rotatable bonds is 5. The number of nitro benzene ring substituents is 1. The van der Waals surface area contributed by atoms with Crippen LogP contribution in [0.4, 0.5) is 5.69 Å². The molecule has 1 unspecified atom stereocenters. The van der Waals surface area contributed by atoms with E-state index >= 15 is 0 Å². The Balaban J connectivity index is 1.66. The van der Waals surface area contributed by atoms with Crippen molar-refractivity contribution in [2.24, 2.45) is 16.3 Å². The van der Waals surface area contributed by atoms with Crippen LogP contribution in [0.15, 0.2) is 65.3 Å². The number of hydrogen-bond donors (Lipinski definition) is 2. The summed E-state index contributed by atoms with van der Waals surface area (Å²) in [5.74, 6) is 0.466. The molecule has 1 aliphatic carbocycles. The van der Waals surface area contributed by atoms with Crippen LogP contribution in [0.5, 0.6) is 0 Å². The Morgan fingerprint density at radius 3 is 2.59 bits per heavy atom. The van der Waals surface area contributed by atoms with Gasteiger partial charge in [-0.25, -0.2) is 0 Å². The van der Waals surface area contributed by atoms with Crippen LogP contribution < -0.4 is 4.90 Å². The lowest BCUT2D eigenvalue weighted by Gasteiger charge is -2.23. The number of likely N-dealkylation sites (N-methyl/N-ethyl adjacent to an activating group) is 1. The molecule has 2 aliphatic rings. The molecular formula is C21H26N3O3+. The van der Waals surface area contributed by atoms with E-state index in [4.69, 9.17) is 0 Å². The summed E-state index contributed by atoms with van der Waals surface area (Å²) < 4.78 is 0. The molecule has 1 aromatic rings. The average Bonchev–Trinajstić information content (AvgIpc) is 2.85. The van der Waals surface area contributed by atoms with Crippen molar-refractivity contribution in [2.75, 3.05) is 13.6 Å². The first-order valence-electron chi connectivity index (χ1n) is 9.14. The zero-order valence-corrected chi connectivity index (χ0v) is 15.9. The predicted octanol–water partition coefficient (Wildman–Crippen LogP) is 2.25. The Morgan fingerprint density at radius 2 is 1.96 bits per heavy atom. The summed E-state index contributed by atoms with van der Waals surface area (Å²) in [5, 5.41) is 20.9. The first-order chi connectivity index (χ1) is 12.8. The molecule has 6 nitrogen and oxygen atoms in total. The van der Waals surface area contributed by atoms with Gasteiger partial charge in [0.25, 0.3) is 5.69 Å². The Labute approximate surface area is 159 Å². The number of aliphatic hydroxyl groups excluding tert-OH is 1. The van der Waals surface area contributed by atoms with Crippen LogP contribution in [-0.4, -0.2) is 35.9 Å². The summed E-state index contributed by atoms with van der Waals surface area (Å²) in [6.45, 7) is 4.74. The van der Waals surface area contributed by atoms with Crippen LogP contribution in [0.3, 0.4) is 0 Å². The number of nitro groups is 1. The Kier molecular flexibility index (Phi) is 5.39. The molecule has 1 fully saturated rings. The maximum Gasteiger partial charge on any atom is 0.269 e. The lowest BCUT2D eigenvalue weighted by Crippen LogP contribution is -3.09. The summed E-state index contributed by atoms with van der Waals surface area (Å²) in [4.78, 5) is 16.0. The number of hydrogen-bond acceptors (Lipinski definition) is 4. The molecule has 0 bridgehead atoms. The topological polar surface area (TPSA) is 80.2 Å². The number of nitrogens with zero attached hydrogens (tertiary/aromatic N) is 2. The van der Waals surface area contributed by atoms with Crippen molar-refractivity contribution in [1.29, 1.82) is 0 Å². The number of likely N-dealkylation sites (tertiary alicyclic amines) is 1. The van der Waals surface area contributed by atoms with Crippen molar-refractivity contribution < 1.29 is 14.9 Å². The Hall–Kier alpha value is -2.57. The van der Waals surface area contributed by atoms with Crippen molar-refractivity contribution in [3.63, 3.8) is 0 Å². The molecule has 1 aliphatic heterocycles. The molecule has 1 heterocycles. The van der Waals surface area contributed by atoms with Crippen molar-refractivity contribution in [3.05, 3.63) is 76.0 Å². The fourth-order valence-electron chi connectivity index (χ4n) is 4.14. The number of nitrogens with one attached hydrogen (secondary N) is 1. The second-order valence-electron chi connectivity index (χ2n) is 7.69. The monoisotopic (exact) mass is 368 g/mol. The van der Waals surface area contributed by atoms with Crippen LogP contribution in [0.2, 0.25) is 0 Å². The van der Waals surface area contributed by atoms with Crippen LogP contribution >= 0.6 is 0 Å². The SMILES string of the molecule is C[NH+]1/C(=C/C=NC[C@H](O)c2ccc([N+](=O)[O-])cc2)C(C)(C)[C@H]2C=CC=C[C@H]21. The number of aliphatic hydroxyl groups is 1. The minimum absolute atomic E-state index is 0.0122. The molecule has 27 heavy (non-hydrogen) atoms. The third-order valence-corrected chi connectivity index (χ3v) is 5.70. The van der Waals surface area contributed by atoms with E-state index in [2.05, 4.69) is 56.3 Å². The third-order valence-electron chi connectivity index (χ3n) is 5.70. The highest BCUT2D eigenvalue weighted by atomic mass is 16.6. The normalized spacial score (nSPS) is 28.6. The first-order valence-corrected chi connectivity index (χ1v) is 9.14. The van der Waals surface area contributed by atoms with Gasteiger partial charge >= 0.3 is 0 Å². The number of aliphatic imine (C=N–C) groups is 1. The van der Waals surface area contributed by atoms with Gasteiger partial charge in [0.05, 0.1) is 30.0 Å². The van der Waals surface area contributed by atoms with Crippen molar-refractivity contribution in [3.8, 4) is 0 Å². The molecule has 3 rings (SSSR count). The highest BCUT2D eigenvalue weighted by molar-refractivity contribution is 5.72. The standard InChI is InChI=1S/C21H25N3O3/c1-21(2)17-6-4-5-7-18(17)23(3)20(21)12-13-22-14-19(25)15-8-10-16(11-9-15)24(26)27/h4-13,17-19,25H,14H2,1-3H3/p+1/b20-12+,22-13?/t17-,18+,19-/m0/s1. The lowest BCUT2D eigenvalue weighted by molar-refractivity contribution is -0.851. The third kappa shape index (κ3) is 3.77. The quantitative estimate of drug-likeness (QED) is 0.475. The van der Waals surface area contributed by atoms with Crippen LogP contribution in [0.1, 0.15) is 25.5 Å². The highest BCUT2D eigenvalue weighted by Crippen LogP contribution is 2.40. The maximum atomic E-state index is 10.7. The predicted molar refractivity (Wildman–Crippen MR) is 106 cm³/mol. The van der Waals surface area contributed by atoms with Crippen molar-refractivity contribution >= 4 is 11.9 Å². The van der Waals surface area contributed by atoms with Gasteiger partial charge < -0.3 is 10.0 Å².